The topological polar surface area (TPSA) is 78.8 Å². The largest absolute Gasteiger partial charge is 0.611 e. The fourth-order valence-electron chi connectivity index (χ4n) is 2.74. The van der Waals surface area contributed by atoms with Gasteiger partial charge in [0.2, 0.25) is 6.10 Å². The van der Waals surface area contributed by atoms with Crippen LogP contribution in [0.5, 0.6) is 0 Å². The lowest BCUT2D eigenvalue weighted by Gasteiger charge is -2.25. The number of benzene rings is 1. The number of carboxylic acid groups (broad SMARTS) is 1. The van der Waals surface area contributed by atoms with Gasteiger partial charge >= 0.3 is 5.97 Å². The number of ether oxygens (including phenoxy) is 2. The van der Waals surface area contributed by atoms with Gasteiger partial charge in [-0.25, -0.2) is 13.6 Å². The second kappa shape index (κ2) is 10.6. The Labute approximate surface area is 166 Å². The van der Waals surface area contributed by atoms with Crippen molar-refractivity contribution < 1.29 is 32.7 Å². The number of carbonyl (C=O) groups is 1. The maximum Gasteiger partial charge on any atom is 0.349 e. The van der Waals surface area contributed by atoms with Crippen LogP contribution in [0.15, 0.2) is 53.4 Å². The Kier molecular flexibility index (Phi) is 8.47. The standard InChI is InChI=1S/C20H24F2O5S/c1-13(21)3-8-18(14(2)22)27-19(20(23)24)15-4-6-16(7-5-15)28(25)17-9-11-26-12-10-17/h4-8,13,17,19H,2-3,9-12H2,1H3,(H,23,24)/b18-8+/t13?,19-,28?/m0/s1. The van der Waals surface area contributed by atoms with E-state index in [2.05, 4.69) is 6.58 Å². The highest BCUT2D eigenvalue weighted by molar-refractivity contribution is 7.92. The van der Waals surface area contributed by atoms with Crippen LogP contribution in [0.2, 0.25) is 0 Å². The van der Waals surface area contributed by atoms with Crippen LogP contribution < -0.4 is 0 Å². The lowest BCUT2D eigenvalue weighted by Crippen LogP contribution is -2.29. The molecule has 1 saturated heterocycles. The third kappa shape index (κ3) is 6.32. The summed E-state index contributed by atoms with van der Waals surface area (Å²) in [6.45, 7) is 5.54. The number of aliphatic carboxylic acids is 1. The van der Waals surface area contributed by atoms with Gasteiger partial charge in [-0.15, -0.1) is 0 Å². The Morgan fingerprint density at radius 1 is 1.43 bits per heavy atom. The zero-order chi connectivity index (χ0) is 20.7. The monoisotopic (exact) mass is 414 g/mol. The average Bonchev–Trinajstić information content (AvgIpc) is 2.67. The minimum Gasteiger partial charge on any atom is -0.611 e. The van der Waals surface area contributed by atoms with Crippen LogP contribution in [0.1, 0.15) is 37.9 Å². The fourth-order valence-corrected chi connectivity index (χ4v) is 4.15. The SMILES string of the molecule is C=C(F)/C(=C\CC(C)F)O[C@H](C(=O)O)c1ccc([S+]([O-])C2CCOCC2)cc1. The molecule has 0 saturated carbocycles. The van der Waals surface area contributed by atoms with E-state index in [0.29, 0.717) is 31.0 Å². The summed E-state index contributed by atoms with van der Waals surface area (Å²) >= 11 is -1.22. The second-order valence-electron chi connectivity index (χ2n) is 6.50. The molecule has 0 amide bonds. The number of halogens is 2. The molecule has 0 aliphatic carbocycles. The van der Waals surface area contributed by atoms with E-state index >= 15 is 0 Å². The number of rotatable bonds is 9. The number of hydrogen-bond donors (Lipinski definition) is 1. The van der Waals surface area contributed by atoms with E-state index in [9.17, 15) is 23.2 Å². The maximum absolute atomic E-state index is 13.6. The van der Waals surface area contributed by atoms with E-state index in [1.165, 1.54) is 19.1 Å². The van der Waals surface area contributed by atoms with Gasteiger partial charge in [0.15, 0.2) is 16.5 Å². The van der Waals surface area contributed by atoms with Crippen molar-refractivity contribution in [2.45, 2.75) is 48.6 Å². The first-order chi connectivity index (χ1) is 13.3. The quantitative estimate of drug-likeness (QED) is 0.372. The van der Waals surface area contributed by atoms with E-state index < -0.39 is 41.0 Å². The average molecular weight is 414 g/mol. The number of allylic oxidation sites excluding steroid dienone is 2. The van der Waals surface area contributed by atoms with Crippen LogP contribution in [0, 0.1) is 0 Å². The van der Waals surface area contributed by atoms with Gasteiger partial charge in [-0.3, -0.25) is 0 Å². The third-order valence-corrected chi connectivity index (χ3v) is 6.06. The molecule has 1 fully saturated rings. The van der Waals surface area contributed by atoms with Crippen molar-refractivity contribution in [2.75, 3.05) is 13.2 Å². The first-order valence-electron chi connectivity index (χ1n) is 8.96. The van der Waals surface area contributed by atoms with Crippen LogP contribution in [0.4, 0.5) is 8.78 Å². The summed E-state index contributed by atoms with van der Waals surface area (Å²) in [5.74, 6) is -2.73. The number of alkyl halides is 1. The molecule has 2 rings (SSSR count). The Bertz CT molecular complexity index is 699. The number of hydrogen-bond acceptors (Lipinski definition) is 4. The van der Waals surface area contributed by atoms with Crippen molar-refractivity contribution in [1.82, 2.24) is 0 Å². The molecule has 1 aromatic rings. The van der Waals surface area contributed by atoms with Crippen LogP contribution in [-0.2, 0) is 25.4 Å². The van der Waals surface area contributed by atoms with Gasteiger partial charge in [-0.05, 0) is 48.4 Å². The highest BCUT2D eigenvalue weighted by atomic mass is 32.2. The second-order valence-corrected chi connectivity index (χ2v) is 8.24. The lowest BCUT2D eigenvalue weighted by molar-refractivity contribution is -0.148. The van der Waals surface area contributed by atoms with Crippen LogP contribution in [-0.4, -0.2) is 40.3 Å². The van der Waals surface area contributed by atoms with Crippen molar-refractivity contribution in [1.29, 1.82) is 0 Å². The molecule has 3 atom stereocenters. The van der Waals surface area contributed by atoms with Crippen molar-refractivity contribution in [3.63, 3.8) is 0 Å². The minimum atomic E-state index is -1.50. The molecule has 28 heavy (non-hydrogen) atoms. The minimum absolute atomic E-state index is 0.00166. The molecular formula is C20H24F2O5S. The predicted octanol–water partition coefficient (Wildman–Crippen LogP) is 4.23. The lowest BCUT2D eigenvalue weighted by atomic mass is 10.1. The molecular weight excluding hydrogens is 390 g/mol. The van der Waals surface area contributed by atoms with Crippen LogP contribution in [0.25, 0.3) is 0 Å². The molecule has 1 aromatic carbocycles. The Balaban J connectivity index is 2.15. The summed E-state index contributed by atoms with van der Waals surface area (Å²) in [4.78, 5) is 12.2. The zero-order valence-corrected chi connectivity index (χ0v) is 16.4. The van der Waals surface area contributed by atoms with E-state index in [1.807, 2.05) is 0 Å². The summed E-state index contributed by atoms with van der Waals surface area (Å²) in [6.07, 6.45) is -0.324. The van der Waals surface area contributed by atoms with E-state index in [1.54, 1.807) is 12.1 Å². The molecule has 8 heteroatoms. The van der Waals surface area contributed by atoms with Gasteiger partial charge in [0.25, 0.3) is 0 Å². The first-order valence-corrected chi connectivity index (χ1v) is 10.2. The highest BCUT2D eigenvalue weighted by Gasteiger charge is 2.29. The third-order valence-electron chi connectivity index (χ3n) is 4.25. The van der Waals surface area contributed by atoms with Gasteiger partial charge < -0.3 is 19.1 Å². The van der Waals surface area contributed by atoms with Crippen molar-refractivity contribution >= 4 is 17.1 Å². The molecule has 1 aliphatic rings. The van der Waals surface area contributed by atoms with E-state index in [-0.39, 0.29) is 17.2 Å². The molecule has 5 nitrogen and oxygen atoms in total. The molecule has 1 aliphatic heterocycles. The smallest absolute Gasteiger partial charge is 0.349 e. The Morgan fingerprint density at radius 3 is 2.54 bits per heavy atom. The maximum atomic E-state index is 13.6. The first kappa shape index (κ1) is 22.4. The van der Waals surface area contributed by atoms with E-state index in [4.69, 9.17) is 9.47 Å². The molecule has 0 spiro atoms. The normalized spacial score (nSPS) is 18.9. The zero-order valence-electron chi connectivity index (χ0n) is 15.6. The van der Waals surface area contributed by atoms with Crippen LogP contribution in [0.3, 0.4) is 0 Å². The Morgan fingerprint density at radius 2 is 2.04 bits per heavy atom. The summed E-state index contributed by atoms with van der Waals surface area (Å²) in [5.41, 5.74) is 0.251. The summed E-state index contributed by atoms with van der Waals surface area (Å²) in [5, 5.41) is 9.46. The summed E-state index contributed by atoms with van der Waals surface area (Å²) in [7, 11) is 0. The van der Waals surface area contributed by atoms with Gasteiger partial charge in [0, 0.05) is 24.8 Å². The van der Waals surface area contributed by atoms with Crippen molar-refractivity contribution in [2.24, 2.45) is 0 Å². The highest BCUT2D eigenvalue weighted by Crippen LogP contribution is 2.28. The molecule has 0 bridgehead atoms. The van der Waals surface area contributed by atoms with Crippen LogP contribution >= 0.6 is 0 Å². The van der Waals surface area contributed by atoms with E-state index in [0.717, 1.165) is 6.08 Å². The molecule has 1 heterocycles. The summed E-state index contributed by atoms with van der Waals surface area (Å²) < 4.78 is 49.7. The number of carboxylic acids is 1. The molecule has 0 aromatic heterocycles. The van der Waals surface area contributed by atoms with Gasteiger partial charge in [0.1, 0.15) is 11.4 Å². The Hall–Kier alpha value is -1.90. The predicted molar refractivity (Wildman–Crippen MR) is 102 cm³/mol. The van der Waals surface area contributed by atoms with Crippen molar-refractivity contribution in [3.05, 3.63) is 54.1 Å². The van der Waals surface area contributed by atoms with Gasteiger partial charge in [0.05, 0.1) is 13.2 Å². The molecule has 1 N–H and O–H groups in total. The summed E-state index contributed by atoms with van der Waals surface area (Å²) in [6, 6.07) is 6.14. The van der Waals surface area contributed by atoms with Gasteiger partial charge in [-0.1, -0.05) is 6.58 Å². The van der Waals surface area contributed by atoms with Gasteiger partial charge in [-0.2, -0.15) is 0 Å². The molecule has 0 radical (unpaired) electrons. The fraction of sp³-hybridized carbons (Fsp3) is 0.450. The molecule has 2 unspecified atom stereocenters. The van der Waals surface area contributed by atoms with Crippen molar-refractivity contribution in [3.8, 4) is 0 Å². The molecule has 154 valence electrons.